The van der Waals surface area contributed by atoms with Gasteiger partial charge in [0.05, 0.1) is 12.2 Å². The molecule has 0 aliphatic heterocycles. The van der Waals surface area contributed by atoms with E-state index in [4.69, 9.17) is 4.74 Å². The summed E-state index contributed by atoms with van der Waals surface area (Å²) in [6, 6.07) is 13.1. The summed E-state index contributed by atoms with van der Waals surface area (Å²) in [5, 5.41) is 2.97. The van der Waals surface area contributed by atoms with Gasteiger partial charge in [-0.2, -0.15) is 0 Å². The van der Waals surface area contributed by atoms with Crippen molar-refractivity contribution in [3.05, 3.63) is 70.1 Å². The molecule has 128 valence electrons. The van der Waals surface area contributed by atoms with E-state index in [0.717, 1.165) is 6.42 Å². The molecule has 5 heteroatoms. The third-order valence-corrected chi connectivity index (χ3v) is 4.05. The molecule has 0 aliphatic carbocycles. The molecule has 1 atom stereocenters. The van der Waals surface area contributed by atoms with Gasteiger partial charge in [0.2, 0.25) is 0 Å². The lowest BCUT2D eigenvalue weighted by Gasteiger charge is -2.16. The van der Waals surface area contributed by atoms with Crippen LogP contribution in [0.3, 0.4) is 0 Å². The zero-order valence-electron chi connectivity index (χ0n) is 14.2. The van der Waals surface area contributed by atoms with Crippen LogP contribution >= 0.6 is 0 Å². The number of nitrogens with zero attached hydrogens (tertiary/aromatic N) is 1. The second-order valence-corrected chi connectivity index (χ2v) is 5.67. The van der Waals surface area contributed by atoms with Gasteiger partial charge in [-0.05, 0) is 18.1 Å². The van der Waals surface area contributed by atoms with E-state index in [2.05, 4.69) is 24.4 Å². The van der Waals surface area contributed by atoms with Crippen LogP contribution in [0.1, 0.15) is 35.2 Å². The van der Waals surface area contributed by atoms with Crippen LogP contribution in [0.5, 0.6) is 0 Å². The molecule has 0 saturated carbocycles. The normalized spacial score (nSPS) is 11.9. The fourth-order valence-electron chi connectivity index (χ4n) is 2.57. The van der Waals surface area contributed by atoms with Crippen molar-refractivity contribution in [1.29, 1.82) is 0 Å². The van der Waals surface area contributed by atoms with Gasteiger partial charge in [-0.1, -0.05) is 37.3 Å². The lowest BCUT2D eigenvalue weighted by Crippen LogP contribution is -2.30. The number of rotatable bonds is 8. The largest absolute Gasteiger partial charge is 0.383 e. The molecule has 0 bridgehead atoms. The monoisotopic (exact) mass is 328 g/mol. The van der Waals surface area contributed by atoms with Crippen molar-refractivity contribution >= 4 is 5.91 Å². The van der Waals surface area contributed by atoms with Crippen molar-refractivity contribution < 1.29 is 9.53 Å². The Labute approximate surface area is 142 Å². The third-order valence-electron chi connectivity index (χ3n) is 4.05. The first-order valence-electron chi connectivity index (χ1n) is 8.18. The van der Waals surface area contributed by atoms with Gasteiger partial charge in [0.1, 0.15) is 0 Å². The van der Waals surface area contributed by atoms with Gasteiger partial charge in [-0.3, -0.25) is 9.59 Å². The standard InChI is InChI=1S/C19H24N2O3/c1-3-15(16-7-5-4-6-8-16)13-20-19(23)17-9-10-18(22)21(14-17)11-12-24-2/h4-10,14-15H,3,11-13H2,1-2H3,(H,20,23)/t15-/m0/s1. The van der Waals surface area contributed by atoms with Crippen LogP contribution in [0.2, 0.25) is 0 Å². The fraction of sp³-hybridized carbons (Fsp3) is 0.368. The summed E-state index contributed by atoms with van der Waals surface area (Å²) < 4.78 is 6.48. The molecule has 2 rings (SSSR count). The molecule has 1 aromatic carbocycles. The predicted molar refractivity (Wildman–Crippen MR) is 94.4 cm³/mol. The van der Waals surface area contributed by atoms with E-state index in [-0.39, 0.29) is 17.4 Å². The van der Waals surface area contributed by atoms with Crippen molar-refractivity contribution in [3.8, 4) is 0 Å². The Bertz CT molecular complexity index is 710. The van der Waals surface area contributed by atoms with Gasteiger partial charge >= 0.3 is 0 Å². The number of carbonyl (C=O) groups excluding carboxylic acids is 1. The third kappa shape index (κ3) is 4.80. The second kappa shape index (κ2) is 9.03. The van der Waals surface area contributed by atoms with E-state index in [0.29, 0.717) is 25.3 Å². The van der Waals surface area contributed by atoms with E-state index >= 15 is 0 Å². The summed E-state index contributed by atoms with van der Waals surface area (Å²) in [5.74, 6) is 0.102. The maximum absolute atomic E-state index is 12.4. The lowest BCUT2D eigenvalue weighted by molar-refractivity contribution is 0.0949. The summed E-state index contributed by atoms with van der Waals surface area (Å²) >= 11 is 0. The van der Waals surface area contributed by atoms with E-state index in [1.807, 2.05) is 18.2 Å². The van der Waals surface area contributed by atoms with Crippen molar-refractivity contribution in [2.75, 3.05) is 20.3 Å². The number of carbonyl (C=O) groups is 1. The van der Waals surface area contributed by atoms with Gasteiger partial charge < -0.3 is 14.6 Å². The molecular formula is C19H24N2O3. The Morgan fingerprint density at radius 3 is 2.62 bits per heavy atom. The molecule has 1 N–H and O–H groups in total. The number of nitrogens with one attached hydrogen (secondary N) is 1. The van der Waals surface area contributed by atoms with Crippen molar-refractivity contribution in [1.82, 2.24) is 9.88 Å². The van der Waals surface area contributed by atoms with Gasteiger partial charge in [0.15, 0.2) is 0 Å². The van der Waals surface area contributed by atoms with Crippen molar-refractivity contribution in [3.63, 3.8) is 0 Å². The Morgan fingerprint density at radius 2 is 1.96 bits per heavy atom. The van der Waals surface area contributed by atoms with E-state index < -0.39 is 0 Å². The summed E-state index contributed by atoms with van der Waals surface area (Å²) in [4.78, 5) is 24.1. The molecule has 2 aromatic rings. The van der Waals surface area contributed by atoms with E-state index in [1.54, 1.807) is 19.4 Å². The number of hydrogen-bond donors (Lipinski definition) is 1. The highest BCUT2D eigenvalue weighted by Crippen LogP contribution is 2.18. The molecule has 0 radical (unpaired) electrons. The summed E-state index contributed by atoms with van der Waals surface area (Å²) in [6.45, 7) is 3.53. The number of pyridine rings is 1. The number of aromatic nitrogens is 1. The average molecular weight is 328 g/mol. The number of methoxy groups -OCH3 is 1. The predicted octanol–water partition coefficient (Wildman–Crippen LogP) is 2.42. The zero-order valence-corrected chi connectivity index (χ0v) is 14.2. The van der Waals surface area contributed by atoms with Crippen LogP contribution in [0.25, 0.3) is 0 Å². The summed E-state index contributed by atoms with van der Waals surface area (Å²) in [6.07, 6.45) is 2.53. The molecular weight excluding hydrogens is 304 g/mol. The first kappa shape index (κ1) is 17.9. The first-order valence-corrected chi connectivity index (χ1v) is 8.18. The summed E-state index contributed by atoms with van der Waals surface area (Å²) in [7, 11) is 1.58. The molecule has 0 spiro atoms. The minimum Gasteiger partial charge on any atom is -0.383 e. The summed E-state index contributed by atoms with van der Waals surface area (Å²) in [5.41, 5.74) is 1.55. The Kier molecular flexibility index (Phi) is 6.75. The quantitative estimate of drug-likeness (QED) is 0.809. The molecule has 1 amide bonds. The lowest BCUT2D eigenvalue weighted by atomic mass is 9.96. The zero-order chi connectivity index (χ0) is 17.4. The minimum absolute atomic E-state index is 0.140. The highest BCUT2D eigenvalue weighted by atomic mass is 16.5. The topological polar surface area (TPSA) is 60.3 Å². The van der Waals surface area contributed by atoms with Crippen LogP contribution < -0.4 is 10.9 Å². The second-order valence-electron chi connectivity index (χ2n) is 5.67. The van der Waals surface area contributed by atoms with Crippen LogP contribution in [0.15, 0.2) is 53.5 Å². The highest BCUT2D eigenvalue weighted by molar-refractivity contribution is 5.93. The number of benzene rings is 1. The Balaban J connectivity index is 2.02. The molecule has 0 aliphatic rings. The Morgan fingerprint density at radius 1 is 1.21 bits per heavy atom. The SMILES string of the molecule is CC[C@@H](CNC(=O)c1ccc(=O)n(CCOC)c1)c1ccccc1. The number of ether oxygens (including phenoxy) is 1. The number of hydrogen-bond acceptors (Lipinski definition) is 3. The van der Waals surface area contributed by atoms with E-state index in [9.17, 15) is 9.59 Å². The number of amides is 1. The van der Waals surface area contributed by atoms with Crippen molar-refractivity contribution in [2.24, 2.45) is 0 Å². The molecule has 5 nitrogen and oxygen atoms in total. The van der Waals surface area contributed by atoms with Crippen LogP contribution in [0.4, 0.5) is 0 Å². The minimum atomic E-state index is -0.171. The molecule has 0 fully saturated rings. The molecule has 0 saturated heterocycles. The van der Waals surface area contributed by atoms with Crippen molar-refractivity contribution in [2.45, 2.75) is 25.8 Å². The smallest absolute Gasteiger partial charge is 0.252 e. The van der Waals surface area contributed by atoms with Gasteiger partial charge in [0.25, 0.3) is 11.5 Å². The van der Waals surface area contributed by atoms with Crippen LogP contribution in [-0.2, 0) is 11.3 Å². The molecule has 1 aromatic heterocycles. The molecule has 1 heterocycles. The van der Waals surface area contributed by atoms with Gasteiger partial charge in [0, 0.05) is 38.4 Å². The first-order chi connectivity index (χ1) is 11.7. The van der Waals surface area contributed by atoms with Gasteiger partial charge in [-0.15, -0.1) is 0 Å². The van der Waals surface area contributed by atoms with Crippen LogP contribution in [0, 0.1) is 0 Å². The van der Waals surface area contributed by atoms with E-state index in [1.165, 1.54) is 16.2 Å². The maximum Gasteiger partial charge on any atom is 0.252 e. The van der Waals surface area contributed by atoms with Gasteiger partial charge in [-0.25, -0.2) is 0 Å². The van der Waals surface area contributed by atoms with Crippen LogP contribution in [-0.4, -0.2) is 30.7 Å². The highest BCUT2D eigenvalue weighted by Gasteiger charge is 2.12. The fourth-order valence-corrected chi connectivity index (χ4v) is 2.57. The molecule has 0 unspecified atom stereocenters. The average Bonchev–Trinajstić information content (AvgIpc) is 2.62. The Hall–Kier alpha value is -2.40. The maximum atomic E-state index is 12.4. The molecule has 24 heavy (non-hydrogen) atoms.